The molecule has 0 atom stereocenters. The van der Waals surface area contributed by atoms with Gasteiger partial charge in [-0.1, -0.05) is 0 Å². The van der Waals surface area contributed by atoms with Crippen molar-refractivity contribution >= 4 is 17.5 Å². The van der Waals surface area contributed by atoms with Crippen LogP contribution in [0.4, 0.5) is 16.3 Å². The summed E-state index contributed by atoms with van der Waals surface area (Å²) in [5.74, 6) is 0.861. The molecule has 6 nitrogen and oxygen atoms in total. The van der Waals surface area contributed by atoms with Crippen LogP contribution in [0.2, 0.25) is 0 Å². The Morgan fingerprint density at radius 2 is 1.95 bits per heavy atom. The Bertz CT molecular complexity index is 494. The fourth-order valence-electron chi connectivity index (χ4n) is 2.94. The van der Waals surface area contributed by atoms with Crippen LogP contribution in [-0.2, 0) is 0 Å². The highest BCUT2D eigenvalue weighted by atomic mass is 16.3. The lowest BCUT2D eigenvalue weighted by molar-refractivity contribution is 0.0972. The molecule has 0 bridgehead atoms. The van der Waals surface area contributed by atoms with E-state index in [0.29, 0.717) is 25.9 Å². The Morgan fingerprint density at radius 1 is 1.24 bits per heavy atom. The van der Waals surface area contributed by atoms with Gasteiger partial charge in [-0.15, -0.1) is 0 Å². The van der Waals surface area contributed by atoms with Crippen molar-refractivity contribution in [1.82, 2.24) is 9.88 Å². The zero-order valence-electron chi connectivity index (χ0n) is 12.2. The van der Waals surface area contributed by atoms with Crippen LogP contribution >= 0.6 is 0 Å². The summed E-state index contributed by atoms with van der Waals surface area (Å²) in [5.41, 5.74) is 0.774. The van der Waals surface area contributed by atoms with Gasteiger partial charge in [-0.3, -0.25) is 0 Å². The fourth-order valence-corrected chi connectivity index (χ4v) is 2.94. The van der Waals surface area contributed by atoms with Gasteiger partial charge in [0.25, 0.3) is 0 Å². The van der Waals surface area contributed by atoms with Crippen molar-refractivity contribution in [2.24, 2.45) is 0 Å². The number of hydrogen-bond acceptors (Lipinski definition) is 4. The number of aromatic nitrogens is 1. The van der Waals surface area contributed by atoms with Crippen molar-refractivity contribution in [3.05, 3.63) is 18.3 Å². The highest BCUT2D eigenvalue weighted by Crippen LogP contribution is 2.26. The Balaban J connectivity index is 1.68. The van der Waals surface area contributed by atoms with E-state index >= 15 is 0 Å². The first-order valence-electron chi connectivity index (χ1n) is 7.68. The third-order valence-corrected chi connectivity index (χ3v) is 4.19. The number of anilines is 2. The summed E-state index contributed by atoms with van der Waals surface area (Å²) in [5, 5.41) is 12.5. The molecule has 1 aromatic rings. The zero-order valence-corrected chi connectivity index (χ0v) is 12.2. The van der Waals surface area contributed by atoms with E-state index in [9.17, 15) is 9.90 Å². The summed E-state index contributed by atoms with van der Waals surface area (Å²) >= 11 is 0. The molecule has 3 heterocycles. The standard InChI is InChI=1S/C15H22N4O2/c20-12-5-10-19(11-6-12)15(21)17-13-4-3-7-16-14(13)18-8-1-2-9-18/h3-4,7,12,20H,1-2,5-6,8-11H2,(H,17,21). The zero-order chi connectivity index (χ0) is 14.7. The molecule has 0 unspecified atom stereocenters. The minimum atomic E-state index is -0.271. The van der Waals surface area contributed by atoms with Crippen molar-refractivity contribution in [2.75, 3.05) is 36.4 Å². The van der Waals surface area contributed by atoms with Gasteiger partial charge in [0.15, 0.2) is 5.82 Å². The lowest BCUT2D eigenvalue weighted by Gasteiger charge is -2.30. The summed E-state index contributed by atoms with van der Waals surface area (Å²) in [6, 6.07) is 3.64. The van der Waals surface area contributed by atoms with Crippen LogP contribution in [0.3, 0.4) is 0 Å². The van der Waals surface area contributed by atoms with Crippen molar-refractivity contribution in [2.45, 2.75) is 31.8 Å². The van der Waals surface area contributed by atoms with E-state index in [1.165, 1.54) is 12.8 Å². The molecule has 0 aromatic carbocycles. The number of nitrogens with one attached hydrogen (secondary N) is 1. The van der Waals surface area contributed by atoms with E-state index in [1.54, 1.807) is 11.1 Å². The molecule has 2 aliphatic heterocycles. The van der Waals surface area contributed by atoms with Gasteiger partial charge in [0.1, 0.15) is 0 Å². The van der Waals surface area contributed by atoms with Gasteiger partial charge in [-0.2, -0.15) is 0 Å². The van der Waals surface area contributed by atoms with Gasteiger partial charge in [0.05, 0.1) is 11.8 Å². The number of aliphatic hydroxyl groups is 1. The molecule has 21 heavy (non-hydrogen) atoms. The van der Waals surface area contributed by atoms with Crippen LogP contribution in [0.25, 0.3) is 0 Å². The number of hydrogen-bond donors (Lipinski definition) is 2. The molecule has 114 valence electrons. The van der Waals surface area contributed by atoms with Crippen LogP contribution in [0.1, 0.15) is 25.7 Å². The quantitative estimate of drug-likeness (QED) is 0.869. The molecule has 1 aromatic heterocycles. The largest absolute Gasteiger partial charge is 0.393 e. The highest BCUT2D eigenvalue weighted by Gasteiger charge is 2.23. The van der Waals surface area contributed by atoms with E-state index in [4.69, 9.17) is 0 Å². The van der Waals surface area contributed by atoms with Crippen molar-refractivity contribution in [3.63, 3.8) is 0 Å². The number of piperidine rings is 1. The summed E-state index contributed by atoms with van der Waals surface area (Å²) < 4.78 is 0. The molecule has 0 saturated carbocycles. The molecule has 3 rings (SSSR count). The van der Waals surface area contributed by atoms with Crippen LogP contribution < -0.4 is 10.2 Å². The molecule has 2 amide bonds. The smallest absolute Gasteiger partial charge is 0.321 e. The lowest BCUT2D eigenvalue weighted by Crippen LogP contribution is -2.42. The van der Waals surface area contributed by atoms with Gasteiger partial charge < -0.3 is 20.2 Å². The average molecular weight is 290 g/mol. The first-order chi connectivity index (χ1) is 10.2. The Hall–Kier alpha value is -1.82. The second-order valence-corrected chi connectivity index (χ2v) is 5.72. The normalized spacial score (nSPS) is 19.9. The van der Waals surface area contributed by atoms with Gasteiger partial charge in [0, 0.05) is 32.4 Å². The number of urea groups is 1. The average Bonchev–Trinajstić information content (AvgIpc) is 3.02. The molecule has 0 aliphatic carbocycles. The maximum absolute atomic E-state index is 12.3. The van der Waals surface area contributed by atoms with Crippen molar-refractivity contribution < 1.29 is 9.90 Å². The molecular weight excluding hydrogens is 268 g/mol. The minimum Gasteiger partial charge on any atom is -0.393 e. The number of pyridine rings is 1. The van der Waals surface area contributed by atoms with Gasteiger partial charge in [-0.25, -0.2) is 9.78 Å². The molecular formula is C15H22N4O2. The van der Waals surface area contributed by atoms with Crippen molar-refractivity contribution in [1.29, 1.82) is 0 Å². The molecule has 2 fully saturated rings. The third-order valence-electron chi connectivity index (χ3n) is 4.19. The van der Waals surface area contributed by atoms with Crippen LogP contribution in [0, 0.1) is 0 Å². The maximum Gasteiger partial charge on any atom is 0.321 e. The van der Waals surface area contributed by atoms with E-state index in [-0.39, 0.29) is 12.1 Å². The molecule has 6 heteroatoms. The predicted molar refractivity (Wildman–Crippen MR) is 81.5 cm³/mol. The number of carbonyl (C=O) groups excluding carboxylic acids is 1. The molecule has 0 radical (unpaired) electrons. The number of rotatable bonds is 2. The Labute approximate surface area is 124 Å². The molecule has 2 saturated heterocycles. The lowest BCUT2D eigenvalue weighted by atomic mass is 10.1. The summed E-state index contributed by atoms with van der Waals surface area (Å²) in [7, 11) is 0. The second-order valence-electron chi connectivity index (χ2n) is 5.72. The Kier molecular flexibility index (Phi) is 4.24. The number of carbonyl (C=O) groups is 1. The fraction of sp³-hybridized carbons (Fsp3) is 0.600. The number of nitrogens with zero attached hydrogens (tertiary/aromatic N) is 3. The summed E-state index contributed by atoms with van der Waals surface area (Å²) in [6.07, 6.45) is 5.15. The predicted octanol–water partition coefficient (Wildman–Crippen LogP) is 1.67. The molecule has 2 aliphatic rings. The van der Waals surface area contributed by atoms with Crippen LogP contribution in [0.5, 0.6) is 0 Å². The van der Waals surface area contributed by atoms with E-state index in [2.05, 4.69) is 15.2 Å². The monoisotopic (exact) mass is 290 g/mol. The topological polar surface area (TPSA) is 68.7 Å². The van der Waals surface area contributed by atoms with Gasteiger partial charge in [0.2, 0.25) is 0 Å². The first-order valence-corrected chi connectivity index (χ1v) is 7.68. The van der Waals surface area contributed by atoms with E-state index in [0.717, 1.165) is 24.6 Å². The Morgan fingerprint density at radius 3 is 2.67 bits per heavy atom. The second kappa shape index (κ2) is 6.30. The van der Waals surface area contributed by atoms with Crippen LogP contribution in [0.15, 0.2) is 18.3 Å². The van der Waals surface area contributed by atoms with Crippen LogP contribution in [-0.4, -0.2) is 53.3 Å². The van der Waals surface area contributed by atoms with Crippen molar-refractivity contribution in [3.8, 4) is 0 Å². The number of aliphatic hydroxyl groups excluding tert-OH is 1. The minimum absolute atomic E-state index is 0.102. The molecule has 0 spiro atoms. The number of amides is 2. The van der Waals surface area contributed by atoms with Gasteiger partial charge in [-0.05, 0) is 37.8 Å². The van der Waals surface area contributed by atoms with Gasteiger partial charge >= 0.3 is 6.03 Å². The van der Waals surface area contributed by atoms with E-state index in [1.807, 2.05) is 12.1 Å². The SMILES string of the molecule is O=C(Nc1cccnc1N1CCCC1)N1CCC(O)CC1. The highest BCUT2D eigenvalue weighted by molar-refractivity contribution is 5.92. The summed E-state index contributed by atoms with van der Waals surface area (Å²) in [6.45, 7) is 3.20. The maximum atomic E-state index is 12.3. The number of likely N-dealkylation sites (tertiary alicyclic amines) is 1. The molecule has 2 N–H and O–H groups in total. The summed E-state index contributed by atoms with van der Waals surface area (Å²) in [4.78, 5) is 20.7. The third kappa shape index (κ3) is 3.26. The van der Waals surface area contributed by atoms with E-state index < -0.39 is 0 Å². The first kappa shape index (κ1) is 14.1.